The second-order valence-corrected chi connectivity index (χ2v) is 17.0. The van der Waals surface area contributed by atoms with Crippen molar-refractivity contribution in [2.24, 2.45) is 22.2 Å². The van der Waals surface area contributed by atoms with Gasteiger partial charge in [0.05, 0.1) is 12.9 Å². The normalized spacial score (nSPS) is 15.4. The number of aromatic nitrogens is 3. The molecule has 0 aliphatic carbocycles. The zero-order valence-corrected chi connectivity index (χ0v) is 38.9. The van der Waals surface area contributed by atoms with Crippen LogP contribution in [0.3, 0.4) is 0 Å². The van der Waals surface area contributed by atoms with Crippen LogP contribution in [0.1, 0.15) is 75.6 Å². The summed E-state index contributed by atoms with van der Waals surface area (Å²) in [6, 6.07) is 9.58. The summed E-state index contributed by atoms with van der Waals surface area (Å²) >= 11 is 0. The van der Waals surface area contributed by atoms with Gasteiger partial charge in [0.15, 0.2) is 5.96 Å². The molecule has 4 aromatic rings. The van der Waals surface area contributed by atoms with Gasteiger partial charge in [-0.15, -0.1) is 0 Å². The standard InChI is InChI=1S/C47H64N14O8/c1-3-4-15-34(56-28(2)62)42(65)54-26-40(63)57-38(23-31-25-51-27-55-31)44(67)60-37(21-29-12-6-5-7-13-29)43(66)58-35(17-10-19-52-47(49)50)46(69)61-20-11-18-39(61)45(68)59-36(41(48)64)22-30-24-53-33-16-9-8-14-32(30)33/h5-9,12-14,16,24-25,27,34-39,53H,3-4,10-11,15,17-23,26H2,1-2H3,(H2,48,64)(H,51,55)(H,54,65)(H,56,62)(H,57,63)(H,58,66)(H,59,68)(H,60,67)(H4,49,50,52)/t34-,35-,36?,37?,38-,39-/m0/s1. The number of H-pyrrole nitrogens is 2. The molecule has 22 nitrogen and oxygen atoms in total. The highest BCUT2D eigenvalue weighted by molar-refractivity contribution is 5.97. The predicted octanol–water partition coefficient (Wildman–Crippen LogP) is -0.801. The molecule has 8 amide bonds. The number of hydrogen-bond donors (Lipinski definition) is 11. The Hall–Kier alpha value is -7.78. The highest BCUT2D eigenvalue weighted by Crippen LogP contribution is 2.22. The number of nitrogens with two attached hydrogens (primary N) is 3. The minimum absolute atomic E-state index is 0.0317. The van der Waals surface area contributed by atoms with E-state index in [1.165, 1.54) is 24.3 Å². The summed E-state index contributed by atoms with van der Waals surface area (Å²) < 4.78 is 0. The number of benzene rings is 2. The molecule has 1 aliphatic heterocycles. The number of primary amides is 1. The molecule has 0 spiro atoms. The van der Waals surface area contributed by atoms with Crippen LogP contribution in [0.5, 0.6) is 0 Å². The topological polar surface area (TPSA) is 347 Å². The number of carbonyl (C=O) groups is 8. The molecule has 2 aromatic carbocycles. The number of para-hydroxylation sites is 1. The van der Waals surface area contributed by atoms with Crippen molar-refractivity contribution in [2.45, 2.75) is 114 Å². The fraction of sp³-hybridized carbons (Fsp3) is 0.447. The largest absolute Gasteiger partial charge is 0.370 e. The third-order valence-electron chi connectivity index (χ3n) is 11.7. The monoisotopic (exact) mass is 953 g/mol. The zero-order chi connectivity index (χ0) is 49.9. The van der Waals surface area contributed by atoms with E-state index in [1.807, 2.05) is 31.2 Å². The van der Waals surface area contributed by atoms with Crippen LogP contribution in [0.15, 0.2) is 78.3 Å². The van der Waals surface area contributed by atoms with E-state index in [4.69, 9.17) is 17.2 Å². The van der Waals surface area contributed by atoms with Crippen molar-refractivity contribution in [2.75, 3.05) is 19.6 Å². The summed E-state index contributed by atoms with van der Waals surface area (Å²) in [5, 5.41) is 17.0. The first-order valence-electron chi connectivity index (χ1n) is 23.1. The Morgan fingerprint density at radius 3 is 2.14 bits per heavy atom. The molecule has 5 rings (SSSR count). The van der Waals surface area contributed by atoms with E-state index in [-0.39, 0.29) is 57.6 Å². The third kappa shape index (κ3) is 15.9. The van der Waals surface area contributed by atoms with Gasteiger partial charge in [-0.3, -0.25) is 43.3 Å². The van der Waals surface area contributed by atoms with Crippen molar-refractivity contribution in [3.63, 3.8) is 0 Å². The average molecular weight is 953 g/mol. The molecular formula is C47H64N14O8. The number of guanidine groups is 1. The Morgan fingerprint density at radius 1 is 0.768 bits per heavy atom. The maximum atomic E-state index is 14.6. The lowest BCUT2D eigenvalue weighted by Gasteiger charge is -2.31. The smallest absolute Gasteiger partial charge is 0.245 e. The number of nitrogens with one attached hydrogen (secondary N) is 8. The van der Waals surface area contributed by atoms with Crippen LogP contribution in [0, 0.1) is 0 Å². The molecule has 69 heavy (non-hydrogen) atoms. The van der Waals surface area contributed by atoms with E-state index in [2.05, 4.69) is 51.8 Å². The molecule has 370 valence electrons. The van der Waals surface area contributed by atoms with Crippen LogP contribution >= 0.6 is 0 Å². The van der Waals surface area contributed by atoms with Crippen molar-refractivity contribution >= 4 is 64.1 Å². The van der Waals surface area contributed by atoms with Crippen molar-refractivity contribution < 1.29 is 38.4 Å². The van der Waals surface area contributed by atoms with Gasteiger partial charge in [-0.25, -0.2) is 4.98 Å². The molecule has 1 fully saturated rings. The number of nitrogens with zero attached hydrogens (tertiary/aromatic N) is 3. The summed E-state index contributed by atoms with van der Waals surface area (Å²) in [4.78, 5) is 123. The summed E-state index contributed by atoms with van der Waals surface area (Å²) in [6.45, 7) is 3.00. The Labute approximate surface area is 399 Å². The minimum atomic E-state index is -1.30. The second kappa shape index (κ2) is 25.9. The van der Waals surface area contributed by atoms with E-state index in [0.717, 1.165) is 22.9 Å². The summed E-state index contributed by atoms with van der Waals surface area (Å²) in [5.41, 5.74) is 19.7. The van der Waals surface area contributed by atoms with E-state index in [9.17, 15) is 38.4 Å². The molecule has 22 heteroatoms. The molecule has 14 N–H and O–H groups in total. The first kappa shape index (κ1) is 52.2. The van der Waals surface area contributed by atoms with Crippen LogP contribution in [0.2, 0.25) is 0 Å². The zero-order valence-electron chi connectivity index (χ0n) is 38.9. The Morgan fingerprint density at radius 2 is 1.46 bits per heavy atom. The third-order valence-corrected chi connectivity index (χ3v) is 11.7. The van der Waals surface area contributed by atoms with Gasteiger partial charge in [-0.1, -0.05) is 68.3 Å². The van der Waals surface area contributed by atoms with Gasteiger partial charge in [0.25, 0.3) is 0 Å². The fourth-order valence-corrected chi connectivity index (χ4v) is 8.16. The van der Waals surface area contributed by atoms with Crippen molar-refractivity contribution in [1.82, 2.24) is 51.8 Å². The molecule has 0 saturated carbocycles. The molecular weight excluding hydrogens is 889 g/mol. The minimum Gasteiger partial charge on any atom is -0.370 e. The number of aliphatic imine (C=N–C) groups is 1. The number of rotatable bonds is 26. The van der Waals surface area contributed by atoms with Gasteiger partial charge in [-0.2, -0.15) is 0 Å². The second-order valence-electron chi connectivity index (χ2n) is 17.0. The summed E-state index contributed by atoms with van der Waals surface area (Å²) in [6.07, 6.45) is 7.41. The first-order chi connectivity index (χ1) is 33.1. The number of amides is 8. The van der Waals surface area contributed by atoms with Gasteiger partial charge >= 0.3 is 0 Å². The van der Waals surface area contributed by atoms with Gasteiger partial charge in [0.1, 0.15) is 36.3 Å². The summed E-state index contributed by atoms with van der Waals surface area (Å²) in [5.74, 6) is -5.28. The van der Waals surface area contributed by atoms with Gasteiger partial charge in [0.2, 0.25) is 47.3 Å². The van der Waals surface area contributed by atoms with Crippen LogP contribution < -0.4 is 49.1 Å². The average Bonchev–Trinajstić information content (AvgIpc) is 4.12. The number of fused-ring (bicyclic) bond motifs is 1. The van der Waals surface area contributed by atoms with E-state index in [0.29, 0.717) is 30.5 Å². The highest BCUT2D eigenvalue weighted by Gasteiger charge is 2.40. The molecule has 3 heterocycles. The van der Waals surface area contributed by atoms with Gasteiger partial charge in [0, 0.05) is 68.3 Å². The molecule has 6 atom stereocenters. The molecule has 2 unspecified atom stereocenters. The SMILES string of the molecule is CCCC[C@H](NC(C)=O)C(=O)NCC(=O)N[C@@H](Cc1cnc[nH]1)C(=O)NC(Cc1ccccc1)C(=O)N[C@@H](CCCN=C(N)N)C(=O)N1CCC[C@H]1C(=O)NC(Cc1c[nH]c2ccccc12)C(N)=O. The molecule has 1 saturated heterocycles. The Balaban J connectivity index is 1.34. The maximum absolute atomic E-state index is 14.6. The molecule has 2 aromatic heterocycles. The molecule has 1 aliphatic rings. The van der Waals surface area contributed by atoms with Crippen LogP contribution in [0.25, 0.3) is 10.9 Å². The van der Waals surface area contributed by atoms with Crippen LogP contribution in [-0.2, 0) is 57.6 Å². The predicted molar refractivity (Wildman–Crippen MR) is 256 cm³/mol. The fourth-order valence-electron chi connectivity index (χ4n) is 8.16. The van der Waals surface area contributed by atoms with E-state index >= 15 is 0 Å². The van der Waals surface area contributed by atoms with Crippen molar-refractivity contribution in [1.29, 1.82) is 0 Å². The molecule has 0 radical (unpaired) electrons. The van der Waals surface area contributed by atoms with E-state index < -0.39 is 90.1 Å². The maximum Gasteiger partial charge on any atom is 0.245 e. The lowest BCUT2D eigenvalue weighted by atomic mass is 10.0. The lowest BCUT2D eigenvalue weighted by molar-refractivity contribution is -0.142. The van der Waals surface area contributed by atoms with Gasteiger partial charge in [-0.05, 0) is 49.3 Å². The van der Waals surface area contributed by atoms with Crippen molar-refractivity contribution in [3.8, 4) is 0 Å². The number of imidazole rings is 1. The van der Waals surface area contributed by atoms with Crippen molar-refractivity contribution in [3.05, 3.63) is 90.1 Å². The molecule has 0 bridgehead atoms. The lowest BCUT2D eigenvalue weighted by Crippen LogP contribution is -2.59. The van der Waals surface area contributed by atoms with Crippen LogP contribution in [-0.4, -0.2) is 129 Å². The summed E-state index contributed by atoms with van der Waals surface area (Å²) in [7, 11) is 0. The van der Waals surface area contributed by atoms with E-state index in [1.54, 1.807) is 36.5 Å². The number of aromatic amines is 2. The highest BCUT2D eigenvalue weighted by atomic mass is 16.2. The number of unbranched alkanes of at least 4 members (excludes halogenated alkanes) is 1. The Bertz CT molecular complexity index is 2420. The Kier molecular flexibility index (Phi) is 19.6. The number of hydrogen-bond acceptors (Lipinski definition) is 10. The quantitative estimate of drug-likeness (QED) is 0.0210. The number of carbonyl (C=O) groups excluding carboxylic acids is 8. The first-order valence-corrected chi connectivity index (χ1v) is 23.1. The van der Waals surface area contributed by atoms with Crippen LogP contribution in [0.4, 0.5) is 0 Å². The van der Waals surface area contributed by atoms with Gasteiger partial charge < -0.3 is 64.0 Å². The number of likely N-dealkylation sites (tertiary alicyclic amines) is 1.